The number of hydrogen-bond acceptors (Lipinski definition) is 3. The van der Waals surface area contributed by atoms with Gasteiger partial charge in [-0.2, -0.15) is 0 Å². The van der Waals surface area contributed by atoms with Crippen molar-refractivity contribution in [1.82, 2.24) is 4.90 Å². The van der Waals surface area contributed by atoms with Gasteiger partial charge < -0.3 is 16.0 Å². The Labute approximate surface area is 138 Å². The highest BCUT2D eigenvalue weighted by Crippen LogP contribution is 2.27. The van der Waals surface area contributed by atoms with Gasteiger partial charge in [0.1, 0.15) is 0 Å². The number of nitrogens with two attached hydrogens (primary N) is 1. The predicted octanol–water partition coefficient (Wildman–Crippen LogP) is 2.22. The van der Waals surface area contributed by atoms with E-state index >= 15 is 0 Å². The lowest BCUT2D eigenvalue weighted by Gasteiger charge is -2.21. The van der Waals surface area contributed by atoms with E-state index in [1.807, 2.05) is 32.0 Å². The Balaban J connectivity index is 1.88. The number of aryl methyl sites for hydroxylation is 2. The van der Waals surface area contributed by atoms with Crippen LogP contribution in [0.15, 0.2) is 18.2 Å². The van der Waals surface area contributed by atoms with Crippen molar-refractivity contribution < 1.29 is 9.59 Å². The van der Waals surface area contributed by atoms with Crippen LogP contribution in [0.2, 0.25) is 0 Å². The smallest absolute Gasteiger partial charge is 0.243 e. The van der Waals surface area contributed by atoms with Gasteiger partial charge in [0.25, 0.3) is 0 Å². The van der Waals surface area contributed by atoms with Crippen molar-refractivity contribution in [2.75, 3.05) is 18.9 Å². The Hall–Kier alpha value is -1.88. The van der Waals surface area contributed by atoms with Crippen LogP contribution in [-0.4, -0.2) is 36.3 Å². The summed E-state index contributed by atoms with van der Waals surface area (Å²) in [5, 5.41) is 2.91. The summed E-state index contributed by atoms with van der Waals surface area (Å²) < 4.78 is 0. The topological polar surface area (TPSA) is 75.4 Å². The maximum atomic E-state index is 12.3. The highest BCUT2D eigenvalue weighted by Gasteiger charge is 2.27. The van der Waals surface area contributed by atoms with Gasteiger partial charge in [0, 0.05) is 25.2 Å². The first-order chi connectivity index (χ1) is 10.9. The number of likely N-dealkylation sites (N-methyl/N-ethyl adjacent to an activating group) is 1. The van der Waals surface area contributed by atoms with E-state index in [1.165, 1.54) is 4.90 Å². The number of para-hydroxylation sites is 1. The summed E-state index contributed by atoms with van der Waals surface area (Å²) in [6.45, 7) is 3.98. The molecule has 1 aromatic rings. The van der Waals surface area contributed by atoms with Crippen molar-refractivity contribution >= 4 is 17.5 Å². The molecular weight excluding hydrogens is 290 g/mol. The van der Waals surface area contributed by atoms with E-state index < -0.39 is 0 Å². The molecule has 5 nitrogen and oxygen atoms in total. The average Bonchev–Trinajstić information content (AvgIpc) is 2.88. The number of hydrogen-bond donors (Lipinski definition) is 2. The molecule has 1 aliphatic carbocycles. The normalized spacial score (nSPS) is 20.3. The van der Waals surface area contributed by atoms with Crippen LogP contribution in [0.3, 0.4) is 0 Å². The Bertz CT molecular complexity index is 565. The number of carbonyl (C=O) groups is 2. The molecule has 23 heavy (non-hydrogen) atoms. The molecule has 0 saturated heterocycles. The van der Waals surface area contributed by atoms with Crippen LogP contribution >= 0.6 is 0 Å². The van der Waals surface area contributed by atoms with Gasteiger partial charge in [0.05, 0.1) is 6.54 Å². The fourth-order valence-electron chi connectivity index (χ4n) is 3.19. The van der Waals surface area contributed by atoms with Crippen molar-refractivity contribution in [3.8, 4) is 0 Å². The van der Waals surface area contributed by atoms with Crippen LogP contribution in [0.1, 0.15) is 36.8 Å². The molecule has 2 amide bonds. The maximum absolute atomic E-state index is 12.3. The molecule has 5 heteroatoms. The van der Waals surface area contributed by atoms with E-state index in [-0.39, 0.29) is 30.3 Å². The number of nitrogens with zero attached hydrogens (tertiary/aromatic N) is 1. The second-order valence-electron chi connectivity index (χ2n) is 6.62. The summed E-state index contributed by atoms with van der Waals surface area (Å²) in [5.74, 6) is 0.0737. The van der Waals surface area contributed by atoms with E-state index in [1.54, 1.807) is 7.05 Å². The van der Waals surface area contributed by atoms with Crippen LogP contribution in [0.25, 0.3) is 0 Å². The lowest BCUT2D eigenvalue weighted by molar-refractivity contribution is -0.134. The average molecular weight is 317 g/mol. The van der Waals surface area contributed by atoms with Gasteiger partial charge in [-0.15, -0.1) is 0 Å². The summed E-state index contributed by atoms with van der Waals surface area (Å²) in [7, 11) is 1.67. The SMILES string of the molecule is Cc1cccc(C)c1NC(=O)CN(C)C(=O)C[C@@H]1CCC[C@H]1N. The molecule has 1 fully saturated rings. The number of anilines is 1. The fourth-order valence-corrected chi connectivity index (χ4v) is 3.19. The Morgan fingerprint density at radius 3 is 2.48 bits per heavy atom. The van der Waals surface area contributed by atoms with Crippen molar-refractivity contribution in [2.24, 2.45) is 11.7 Å². The first-order valence-corrected chi connectivity index (χ1v) is 8.24. The first-order valence-electron chi connectivity index (χ1n) is 8.24. The minimum atomic E-state index is -0.172. The molecule has 1 aliphatic rings. The molecular formula is C18H27N3O2. The van der Waals surface area contributed by atoms with Gasteiger partial charge in [0.15, 0.2) is 0 Å². The lowest BCUT2D eigenvalue weighted by Crippen LogP contribution is -2.37. The standard InChI is InChI=1S/C18H27N3O2/c1-12-6-4-7-13(2)18(12)20-16(22)11-21(3)17(23)10-14-8-5-9-15(14)19/h4,6-7,14-15H,5,8-11,19H2,1-3H3,(H,20,22)/t14-,15+/m0/s1. The summed E-state index contributed by atoms with van der Waals surface area (Å²) in [4.78, 5) is 26.0. The molecule has 0 heterocycles. The zero-order chi connectivity index (χ0) is 17.0. The maximum Gasteiger partial charge on any atom is 0.243 e. The third-order valence-corrected chi connectivity index (χ3v) is 4.71. The number of nitrogens with one attached hydrogen (secondary N) is 1. The number of amides is 2. The van der Waals surface area contributed by atoms with E-state index in [2.05, 4.69) is 5.32 Å². The molecule has 0 radical (unpaired) electrons. The Morgan fingerprint density at radius 2 is 1.91 bits per heavy atom. The number of benzene rings is 1. The van der Waals surface area contributed by atoms with E-state index in [9.17, 15) is 9.59 Å². The van der Waals surface area contributed by atoms with Crippen LogP contribution in [0.4, 0.5) is 5.69 Å². The lowest BCUT2D eigenvalue weighted by atomic mass is 9.99. The molecule has 2 atom stereocenters. The molecule has 0 bridgehead atoms. The second-order valence-corrected chi connectivity index (χ2v) is 6.62. The number of carbonyl (C=O) groups excluding carboxylic acids is 2. The van der Waals surface area contributed by atoms with Gasteiger partial charge in [-0.1, -0.05) is 24.6 Å². The van der Waals surface area contributed by atoms with Crippen LogP contribution in [-0.2, 0) is 9.59 Å². The van der Waals surface area contributed by atoms with Crippen molar-refractivity contribution in [3.63, 3.8) is 0 Å². The minimum absolute atomic E-state index is 0.0102. The third kappa shape index (κ3) is 4.55. The molecule has 3 N–H and O–H groups in total. The van der Waals surface area contributed by atoms with Crippen molar-refractivity contribution in [2.45, 2.75) is 45.6 Å². The van der Waals surface area contributed by atoms with Crippen molar-refractivity contribution in [3.05, 3.63) is 29.3 Å². The summed E-state index contributed by atoms with van der Waals surface area (Å²) in [6, 6.07) is 5.99. The van der Waals surface area contributed by atoms with E-state index in [0.717, 1.165) is 36.1 Å². The molecule has 0 spiro atoms. The molecule has 2 rings (SSSR count). The van der Waals surface area contributed by atoms with E-state index in [0.29, 0.717) is 6.42 Å². The Kier molecular flexibility index (Phi) is 5.77. The number of rotatable bonds is 5. The van der Waals surface area contributed by atoms with E-state index in [4.69, 9.17) is 5.73 Å². The second kappa shape index (κ2) is 7.59. The summed E-state index contributed by atoms with van der Waals surface area (Å²) in [6.07, 6.45) is 3.54. The molecule has 0 aliphatic heterocycles. The van der Waals surface area contributed by atoms with Gasteiger partial charge in [-0.25, -0.2) is 0 Å². The van der Waals surface area contributed by atoms with Crippen LogP contribution in [0.5, 0.6) is 0 Å². The molecule has 126 valence electrons. The van der Waals surface area contributed by atoms with Crippen LogP contribution in [0, 0.1) is 19.8 Å². The zero-order valence-electron chi connectivity index (χ0n) is 14.3. The van der Waals surface area contributed by atoms with Crippen molar-refractivity contribution in [1.29, 1.82) is 0 Å². The van der Waals surface area contributed by atoms with Gasteiger partial charge in [-0.3, -0.25) is 9.59 Å². The predicted molar refractivity (Wildman–Crippen MR) is 92.1 cm³/mol. The minimum Gasteiger partial charge on any atom is -0.336 e. The molecule has 1 aromatic carbocycles. The first kappa shape index (κ1) is 17.5. The Morgan fingerprint density at radius 1 is 1.26 bits per heavy atom. The molecule has 1 saturated carbocycles. The third-order valence-electron chi connectivity index (χ3n) is 4.71. The quantitative estimate of drug-likeness (QED) is 0.874. The molecule has 0 aromatic heterocycles. The molecule has 0 unspecified atom stereocenters. The summed E-state index contributed by atoms with van der Waals surface area (Å²) >= 11 is 0. The van der Waals surface area contributed by atoms with Crippen LogP contribution < -0.4 is 11.1 Å². The highest BCUT2D eigenvalue weighted by molar-refractivity contribution is 5.95. The van der Waals surface area contributed by atoms with Gasteiger partial charge in [0.2, 0.25) is 11.8 Å². The highest BCUT2D eigenvalue weighted by atomic mass is 16.2. The van der Waals surface area contributed by atoms with Gasteiger partial charge >= 0.3 is 0 Å². The van der Waals surface area contributed by atoms with Gasteiger partial charge in [-0.05, 0) is 43.7 Å². The largest absolute Gasteiger partial charge is 0.336 e. The zero-order valence-corrected chi connectivity index (χ0v) is 14.3. The summed E-state index contributed by atoms with van der Waals surface area (Å²) in [5.41, 5.74) is 8.88. The fraction of sp³-hybridized carbons (Fsp3) is 0.556. The monoisotopic (exact) mass is 317 g/mol.